The highest BCUT2D eigenvalue weighted by Crippen LogP contribution is 2.30. The molecule has 6 rings (SSSR count). The molecule has 0 spiro atoms. The first-order valence-electron chi connectivity index (χ1n) is 15.9. The molecule has 0 saturated heterocycles. The normalized spacial score (nSPS) is 11.6. The number of benzene rings is 5. The van der Waals surface area contributed by atoms with Crippen molar-refractivity contribution in [3.63, 3.8) is 0 Å². The summed E-state index contributed by atoms with van der Waals surface area (Å²) in [7, 11) is 0. The van der Waals surface area contributed by atoms with Gasteiger partial charge in [-0.05, 0) is 0 Å². The molecule has 0 fully saturated rings. The van der Waals surface area contributed by atoms with Crippen molar-refractivity contribution in [2.45, 2.75) is 12.4 Å². The maximum atomic E-state index is 15.4. The van der Waals surface area contributed by atoms with E-state index in [1.54, 1.807) is 0 Å². The SMILES string of the molecule is ClCc1cccc[n+]1Cc1ccccc1.Fc1c(F)c(F)c([B-](c2c(F)c(F)c(F)c(F)c2F)(c2c(F)c(F)c(F)c(F)c2F)c2c(F)c(F)c(F)c(F)c2F)c(F)c1F. The summed E-state index contributed by atoms with van der Waals surface area (Å²) in [6.07, 6.45) is -5.16. The molecule has 1 aromatic heterocycles. The van der Waals surface area contributed by atoms with E-state index in [4.69, 9.17) is 11.6 Å². The Morgan fingerprint density at radius 3 is 0.850 bits per heavy atom. The van der Waals surface area contributed by atoms with Gasteiger partial charge in [0.25, 0.3) is 0 Å². The zero-order valence-corrected chi connectivity index (χ0v) is 29.3. The van der Waals surface area contributed by atoms with Gasteiger partial charge >= 0.3 is 0 Å². The van der Waals surface area contributed by atoms with Crippen LogP contribution in [0.5, 0.6) is 0 Å². The van der Waals surface area contributed by atoms with E-state index >= 15 is 35.1 Å². The van der Waals surface area contributed by atoms with Crippen LogP contribution >= 0.6 is 11.6 Å². The Bertz CT molecular complexity index is 2300. The Kier molecular flexibility index (Phi) is 12.9. The zero-order chi connectivity index (χ0) is 44.9. The molecule has 0 N–H and O–H groups in total. The van der Waals surface area contributed by atoms with Crippen LogP contribution in [0.25, 0.3) is 0 Å². The number of aromatic nitrogens is 1. The molecule has 0 amide bonds. The molecule has 0 unspecified atom stereocenters. The Labute approximate surface area is 326 Å². The second-order valence-corrected chi connectivity index (χ2v) is 12.5. The predicted octanol–water partition coefficient (Wildman–Crippen LogP) is 8.61. The van der Waals surface area contributed by atoms with E-state index in [-0.39, 0.29) is 0 Å². The van der Waals surface area contributed by atoms with E-state index in [0.29, 0.717) is 5.88 Å². The summed E-state index contributed by atoms with van der Waals surface area (Å²) >= 11 is 5.88. The van der Waals surface area contributed by atoms with Crippen molar-refractivity contribution in [1.29, 1.82) is 0 Å². The van der Waals surface area contributed by atoms with Crippen molar-refractivity contribution in [2.24, 2.45) is 0 Å². The summed E-state index contributed by atoms with van der Waals surface area (Å²) in [5, 5.41) is 0. The van der Waals surface area contributed by atoms with Crippen molar-refractivity contribution in [3.05, 3.63) is 182 Å². The number of pyridine rings is 1. The van der Waals surface area contributed by atoms with E-state index < -0.39 is 144 Å². The van der Waals surface area contributed by atoms with Crippen LogP contribution in [0, 0.1) is 116 Å². The van der Waals surface area contributed by atoms with Crippen LogP contribution in [-0.4, -0.2) is 6.15 Å². The third-order valence-electron chi connectivity index (χ3n) is 9.07. The van der Waals surface area contributed by atoms with Crippen LogP contribution in [0.15, 0.2) is 54.7 Å². The Morgan fingerprint density at radius 1 is 0.333 bits per heavy atom. The van der Waals surface area contributed by atoms with Crippen LogP contribution < -0.4 is 26.4 Å². The van der Waals surface area contributed by atoms with Gasteiger partial charge in [-0.25, -0.2) is 87.8 Å². The average molecular weight is 898 g/mol. The zero-order valence-electron chi connectivity index (χ0n) is 28.6. The lowest BCUT2D eigenvalue weighted by atomic mass is 9.12. The highest BCUT2D eigenvalue weighted by molar-refractivity contribution is 7.20. The number of nitrogens with zero attached hydrogens (tertiary/aromatic N) is 1. The van der Waals surface area contributed by atoms with E-state index in [2.05, 4.69) is 41.1 Å². The number of hydrogen-bond acceptors (Lipinski definition) is 0. The van der Waals surface area contributed by atoms with Crippen molar-refractivity contribution >= 4 is 39.6 Å². The van der Waals surface area contributed by atoms with Crippen LogP contribution in [0.4, 0.5) is 87.8 Å². The maximum Gasteiger partial charge on any atom is 0.200 e. The van der Waals surface area contributed by atoms with E-state index in [0.717, 1.165) is 12.2 Å². The fourth-order valence-corrected chi connectivity index (χ4v) is 6.68. The molecule has 0 bridgehead atoms. The van der Waals surface area contributed by atoms with Gasteiger partial charge in [0.1, 0.15) is 58.6 Å². The van der Waals surface area contributed by atoms with Crippen molar-refractivity contribution in [1.82, 2.24) is 0 Å². The molecular formula is C37H13BClF20N. The molecule has 0 aliphatic heterocycles. The first-order chi connectivity index (χ1) is 28.1. The number of rotatable bonds is 7. The fourth-order valence-electron chi connectivity index (χ4n) is 6.44. The topological polar surface area (TPSA) is 3.88 Å². The monoisotopic (exact) mass is 897 g/mol. The largest absolute Gasteiger partial charge is 0.207 e. The van der Waals surface area contributed by atoms with Gasteiger partial charge in [-0.3, -0.25) is 0 Å². The van der Waals surface area contributed by atoms with Crippen molar-refractivity contribution in [3.8, 4) is 0 Å². The van der Waals surface area contributed by atoms with Gasteiger partial charge in [-0.1, -0.05) is 36.4 Å². The third kappa shape index (κ3) is 7.06. The molecule has 0 radical (unpaired) electrons. The second kappa shape index (κ2) is 17.1. The molecule has 0 atom stereocenters. The Morgan fingerprint density at radius 2 is 0.583 bits per heavy atom. The van der Waals surface area contributed by atoms with Crippen LogP contribution in [0.1, 0.15) is 11.3 Å². The van der Waals surface area contributed by atoms with Gasteiger partial charge in [0.05, 0.1) is 0 Å². The molecule has 5 aromatic carbocycles. The standard InChI is InChI=1S/C24BF20.C13H13ClN/c26-5-1(6(27)14(35)21(42)13(5)34)25(2-7(28)15(36)22(43)16(37)8(2)29,3-9(30)17(38)23(44)18(39)10(3)31)4-11(32)19(40)24(45)20(41)12(4)33;14-10-13-8-4-5-9-15(13)11-12-6-2-1-3-7-12/h;1-9H,10-11H2/q-1;+1. The second-order valence-electron chi connectivity index (χ2n) is 12.2. The highest BCUT2D eigenvalue weighted by atomic mass is 35.5. The lowest BCUT2D eigenvalue weighted by Gasteiger charge is -2.44. The smallest absolute Gasteiger partial charge is 0.200 e. The molecule has 316 valence electrons. The molecular weight excluding hydrogens is 885 g/mol. The summed E-state index contributed by atoms with van der Waals surface area (Å²) in [5.41, 5.74) is -11.9. The van der Waals surface area contributed by atoms with Gasteiger partial charge in [-0.15, -0.1) is 33.5 Å². The summed E-state index contributed by atoms with van der Waals surface area (Å²) < 4.78 is 296. The van der Waals surface area contributed by atoms with E-state index in [1.165, 1.54) is 5.56 Å². The lowest BCUT2D eigenvalue weighted by Crippen LogP contribution is -2.81. The van der Waals surface area contributed by atoms with Crippen LogP contribution in [0.3, 0.4) is 0 Å². The minimum absolute atomic E-state index is 0.549. The lowest BCUT2D eigenvalue weighted by molar-refractivity contribution is -0.694. The number of hydrogen-bond donors (Lipinski definition) is 0. The van der Waals surface area contributed by atoms with Crippen LogP contribution in [0.2, 0.25) is 0 Å². The quantitative estimate of drug-likeness (QED) is 0.0378. The molecule has 1 heterocycles. The Balaban J connectivity index is 0.000000379. The summed E-state index contributed by atoms with van der Waals surface area (Å²) in [4.78, 5) is 0. The fraction of sp³-hybridized carbons (Fsp3) is 0.0541. The van der Waals surface area contributed by atoms with Gasteiger partial charge < -0.3 is 0 Å². The summed E-state index contributed by atoms with van der Waals surface area (Å²) in [5.74, 6) is -70.9. The van der Waals surface area contributed by atoms with Crippen molar-refractivity contribution < 1.29 is 92.4 Å². The predicted molar refractivity (Wildman–Crippen MR) is 171 cm³/mol. The molecule has 1 nitrogen and oxygen atoms in total. The average Bonchev–Trinajstić information content (AvgIpc) is 3.24. The van der Waals surface area contributed by atoms with Gasteiger partial charge in [-0.2, -0.15) is 4.57 Å². The summed E-state index contributed by atoms with van der Waals surface area (Å²) in [6, 6.07) is 16.5. The third-order valence-corrected chi connectivity index (χ3v) is 9.35. The molecule has 6 aromatic rings. The molecule has 0 saturated carbocycles. The summed E-state index contributed by atoms with van der Waals surface area (Å²) in [6.45, 7) is 0.879. The minimum atomic E-state index is -7.22. The van der Waals surface area contributed by atoms with Gasteiger partial charge in [0.2, 0.25) is 0 Å². The first-order valence-corrected chi connectivity index (χ1v) is 16.4. The van der Waals surface area contributed by atoms with E-state index in [1.807, 2.05) is 18.2 Å². The number of alkyl halides is 1. The molecule has 23 heteroatoms. The van der Waals surface area contributed by atoms with Crippen LogP contribution in [-0.2, 0) is 12.4 Å². The Hall–Kier alpha value is -5.80. The highest BCUT2D eigenvalue weighted by Gasteiger charge is 2.52. The number of halogens is 21. The van der Waals surface area contributed by atoms with Gasteiger partial charge in [0, 0.05) is 17.7 Å². The van der Waals surface area contributed by atoms with Crippen molar-refractivity contribution in [2.75, 3.05) is 0 Å². The first kappa shape index (κ1) is 45.3. The van der Waals surface area contributed by atoms with E-state index in [9.17, 15) is 52.7 Å². The van der Waals surface area contributed by atoms with Gasteiger partial charge in [0.15, 0.2) is 88.2 Å². The molecule has 60 heavy (non-hydrogen) atoms. The molecule has 0 aliphatic carbocycles. The minimum Gasteiger partial charge on any atom is -0.207 e. The maximum absolute atomic E-state index is 15.4. The molecule has 0 aliphatic rings.